The molecule has 0 aliphatic carbocycles. The second kappa shape index (κ2) is 7.05. The summed E-state index contributed by atoms with van der Waals surface area (Å²) in [5.41, 5.74) is 1.34. The Morgan fingerprint density at radius 3 is 2.83 bits per heavy atom. The predicted octanol–water partition coefficient (Wildman–Crippen LogP) is 2.40. The lowest BCUT2D eigenvalue weighted by Gasteiger charge is -2.41. The SMILES string of the molecule is CO[C@@H]1CCN(Cc2ccncc2)[C@@H]2CN(Cc3ccco3)C[C@@H]21. The first-order chi connectivity index (χ1) is 11.8. The van der Waals surface area contributed by atoms with Gasteiger partial charge in [0.2, 0.25) is 0 Å². The molecule has 4 rings (SSSR count). The summed E-state index contributed by atoms with van der Waals surface area (Å²) in [6, 6.07) is 8.81. The van der Waals surface area contributed by atoms with E-state index in [0.717, 1.165) is 44.9 Å². The van der Waals surface area contributed by atoms with E-state index < -0.39 is 0 Å². The van der Waals surface area contributed by atoms with Crippen molar-refractivity contribution in [3.05, 3.63) is 54.2 Å². The van der Waals surface area contributed by atoms with Crippen molar-refractivity contribution < 1.29 is 9.15 Å². The van der Waals surface area contributed by atoms with E-state index in [-0.39, 0.29) is 0 Å². The molecule has 2 aromatic rings. The van der Waals surface area contributed by atoms with E-state index in [1.54, 1.807) is 6.26 Å². The maximum Gasteiger partial charge on any atom is 0.117 e. The van der Waals surface area contributed by atoms with Crippen LogP contribution >= 0.6 is 0 Å². The quantitative estimate of drug-likeness (QED) is 0.843. The number of furan rings is 1. The lowest BCUT2D eigenvalue weighted by molar-refractivity contribution is -0.0245. The van der Waals surface area contributed by atoms with Gasteiger partial charge in [-0.2, -0.15) is 0 Å². The minimum atomic E-state index is 0.366. The van der Waals surface area contributed by atoms with Gasteiger partial charge in [-0.05, 0) is 36.2 Å². The zero-order valence-corrected chi connectivity index (χ0v) is 14.2. The number of hydrogen-bond donors (Lipinski definition) is 0. The molecule has 0 N–H and O–H groups in total. The molecule has 2 saturated heterocycles. The second-order valence-electron chi connectivity index (χ2n) is 6.89. The van der Waals surface area contributed by atoms with Crippen molar-refractivity contribution in [2.75, 3.05) is 26.7 Å². The molecule has 0 spiro atoms. The Morgan fingerprint density at radius 2 is 2.08 bits per heavy atom. The van der Waals surface area contributed by atoms with Crippen LogP contribution in [-0.2, 0) is 17.8 Å². The van der Waals surface area contributed by atoms with Gasteiger partial charge in [0.15, 0.2) is 0 Å². The molecule has 0 bridgehead atoms. The van der Waals surface area contributed by atoms with Crippen molar-refractivity contribution in [3.63, 3.8) is 0 Å². The highest BCUT2D eigenvalue weighted by molar-refractivity contribution is 5.11. The van der Waals surface area contributed by atoms with Crippen LogP contribution in [0.3, 0.4) is 0 Å². The fourth-order valence-electron chi connectivity index (χ4n) is 4.28. The molecule has 2 fully saturated rings. The topological polar surface area (TPSA) is 41.7 Å². The third-order valence-corrected chi connectivity index (χ3v) is 5.45. The molecule has 2 aromatic heterocycles. The first-order valence-corrected chi connectivity index (χ1v) is 8.74. The monoisotopic (exact) mass is 327 g/mol. The zero-order chi connectivity index (χ0) is 16.4. The van der Waals surface area contributed by atoms with Crippen molar-refractivity contribution in [1.29, 1.82) is 0 Å². The summed E-state index contributed by atoms with van der Waals surface area (Å²) < 4.78 is 11.3. The highest BCUT2D eigenvalue weighted by Crippen LogP contribution is 2.34. The van der Waals surface area contributed by atoms with E-state index >= 15 is 0 Å². The lowest BCUT2D eigenvalue weighted by atomic mass is 9.88. The molecule has 4 heterocycles. The van der Waals surface area contributed by atoms with Gasteiger partial charge in [0, 0.05) is 57.6 Å². The van der Waals surface area contributed by atoms with Crippen LogP contribution in [0.25, 0.3) is 0 Å². The largest absolute Gasteiger partial charge is 0.468 e. The Balaban J connectivity index is 1.47. The maximum atomic E-state index is 5.80. The molecule has 0 radical (unpaired) electrons. The number of fused-ring (bicyclic) bond motifs is 1. The Morgan fingerprint density at radius 1 is 1.21 bits per heavy atom. The summed E-state index contributed by atoms with van der Waals surface area (Å²) in [6.45, 7) is 5.14. The van der Waals surface area contributed by atoms with Crippen LogP contribution in [0.15, 0.2) is 47.3 Å². The molecule has 0 amide bonds. The Hall–Kier alpha value is -1.69. The van der Waals surface area contributed by atoms with Gasteiger partial charge >= 0.3 is 0 Å². The van der Waals surface area contributed by atoms with E-state index in [4.69, 9.17) is 9.15 Å². The predicted molar refractivity (Wildman–Crippen MR) is 91.3 cm³/mol. The van der Waals surface area contributed by atoms with Crippen LogP contribution in [-0.4, -0.2) is 53.7 Å². The number of methoxy groups -OCH3 is 1. The van der Waals surface area contributed by atoms with Crippen molar-refractivity contribution in [2.45, 2.75) is 31.7 Å². The standard InChI is InChI=1S/C19H25N3O2/c1-23-19-6-9-22(11-15-4-7-20-8-5-15)18-14-21(13-17(18)19)12-16-3-2-10-24-16/h2-5,7-8,10,17-19H,6,9,11-14H2,1H3/t17-,18+,19+/m0/s1. The van der Waals surface area contributed by atoms with Gasteiger partial charge in [0.05, 0.1) is 18.9 Å². The third kappa shape index (κ3) is 3.24. The first kappa shape index (κ1) is 15.8. The van der Waals surface area contributed by atoms with E-state index in [0.29, 0.717) is 18.1 Å². The summed E-state index contributed by atoms with van der Waals surface area (Å²) in [4.78, 5) is 9.25. The normalized spacial score (nSPS) is 28.1. The van der Waals surface area contributed by atoms with Gasteiger partial charge in [-0.15, -0.1) is 0 Å². The summed E-state index contributed by atoms with van der Waals surface area (Å²) >= 11 is 0. The fourth-order valence-corrected chi connectivity index (χ4v) is 4.28. The fraction of sp³-hybridized carbons (Fsp3) is 0.526. The summed E-state index contributed by atoms with van der Waals surface area (Å²) in [5, 5.41) is 0. The number of aromatic nitrogens is 1. The number of piperidine rings is 1. The molecule has 24 heavy (non-hydrogen) atoms. The van der Waals surface area contributed by atoms with E-state index in [2.05, 4.69) is 33.0 Å². The van der Waals surface area contributed by atoms with Crippen LogP contribution in [0.5, 0.6) is 0 Å². The van der Waals surface area contributed by atoms with Gasteiger partial charge in [-0.25, -0.2) is 0 Å². The van der Waals surface area contributed by atoms with Gasteiger partial charge in [0.25, 0.3) is 0 Å². The Labute approximate surface area is 143 Å². The molecule has 2 aliphatic heterocycles. The number of likely N-dealkylation sites (tertiary alicyclic amines) is 2. The molecular formula is C19H25N3O2. The van der Waals surface area contributed by atoms with E-state index in [1.165, 1.54) is 5.56 Å². The molecule has 0 unspecified atom stereocenters. The van der Waals surface area contributed by atoms with Crippen molar-refractivity contribution in [3.8, 4) is 0 Å². The van der Waals surface area contributed by atoms with Crippen molar-refractivity contribution in [1.82, 2.24) is 14.8 Å². The molecule has 0 aromatic carbocycles. The number of hydrogen-bond acceptors (Lipinski definition) is 5. The average molecular weight is 327 g/mol. The van der Waals surface area contributed by atoms with Crippen LogP contribution in [0.2, 0.25) is 0 Å². The van der Waals surface area contributed by atoms with Crippen LogP contribution < -0.4 is 0 Å². The lowest BCUT2D eigenvalue weighted by Crippen LogP contribution is -2.50. The van der Waals surface area contributed by atoms with Crippen molar-refractivity contribution >= 4 is 0 Å². The van der Waals surface area contributed by atoms with Crippen LogP contribution in [0.1, 0.15) is 17.7 Å². The second-order valence-corrected chi connectivity index (χ2v) is 6.89. The highest BCUT2D eigenvalue weighted by Gasteiger charge is 2.44. The molecule has 0 saturated carbocycles. The number of ether oxygens (including phenoxy) is 1. The summed E-state index contributed by atoms with van der Waals surface area (Å²) in [6.07, 6.45) is 6.99. The Bertz CT molecular complexity index is 631. The molecule has 128 valence electrons. The molecule has 3 atom stereocenters. The molecular weight excluding hydrogens is 302 g/mol. The number of pyridine rings is 1. The third-order valence-electron chi connectivity index (χ3n) is 5.45. The highest BCUT2D eigenvalue weighted by atomic mass is 16.5. The van der Waals surface area contributed by atoms with Gasteiger partial charge in [0.1, 0.15) is 5.76 Å². The minimum absolute atomic E-state index is 0.366. The molecule has 5 heteroatoms. The van der Waals surface area contributed by atoms with Gasteiger partial charge in [-0.3, -0.25) is 14.8 Å². The molecule has 5 nitrogen and oxygen atoms in total. The van der Waals surface area contributed by atoms with Crippen molar-refractivity contribution in [2.24, 2.45) is 5.92 Å². The Kier molecular flexibility index (Phi) is 4.65. The smallest absolute Gasteiger partial charge is 0.117 e. The van der Waals surface area contributed by atoms with E-state index in [1.807, 2.05) is 25.6 Å². The maximum absolute atomic E-state index is 5.80. The molecule has 2 aliphatic rings. The van der Waals surface area contributed by atoms with Crippen LogP contribution in [0.4, 0.5) is 0 Å². The number of rotatable bonds is 5. The van der Waals surface area contributed by atoms with E-state index in [9.17, 15) is 0 Å². The summed E-state index contributed by atoms with van der Waals surface area (Å²) in [5.74, 6) is 1.61. The zero-order valence-electron chi connectivity index (χ0n) is 14.2. The van der Waals surface area contributed by atoms with Gasteiger partial charge in [-0.1, -0.05) is 0 Å². The van der Waals surface area contributed by atoms with Crippen LogP contribution in [0, 0.1) is 5.92 Å². The average Bonchev–Trinajstić information content (AvgIpc) is 3.26. The first-order valence-electron chi connectivity index (χ1n) is 8.74. The van der Waals surface area contributed by atoms with Gasteiger partial charge < -0.3 is 9.15 Å². The minimum Gasteiger partial charge on any atom is -0.468 e. The summed E-state index contributed by atoms with van der Waals surface area (Å²) in [7, 11) is 1.86. The number of nitrogens with zero attached hydrogens (tertiary/aromatic N) is 3.